The summed E-state index contributed by atoms with van der Waals surface area (Å²) in [6.07, 6.45) is 1.85. The van der Waals surface area contributed by atoms with Crippen LogP contribution in [0.5, 0.6) is 0 Å². The van der Waals surface area contributed by atoms with Gasteiger partial charge in [0.25, 0.3) is 0 Å². The van der Waals surface area contributed by atoms with E-state index in [1.807, 2.05) is 13.8 Å². The van der Waals surface area contributed by atoms with Crippen LogP contribution < -0.4 is 5.32 Å². The third kappa shape index (κ3) is 4.46. The van der Waals surface area contributed by atoms with Crippen molar-refractivity contribution in [3.63, 3.8) is 0 Å². The topological polar surface area (TPSA) is 41.6 Å². The molecule has 112 valence electrons. The molecule has 0 bridgehead atoms. The first-order valence-electron chi connectivity index (χ1n) is 7.48. The van der Waals surface area contributed by atoms with Crippen LogP contribution in [0.25, 0.3) is 0 Å². The summed E-state index contributed by atoms with van der Waals surface area (Å²) in [5.41, 5.74) is -0.541. The van der Waals surface area contributed by atoms with E-state index >= 15 is 0 Å². The first-order valence-corrected chi connectivity index (χ1v) is 7.48. The van der Waals surface area contributed by atoms with Gasteiger partial charge in [-0.1, -0.05) is 20.8 Å². The molecule has 0 radical (unpaired) electrons. The van der Waals surface area contributed by atoms with Crippen LogP contribution in [0.15, 0.2) is 0 Å². The number of likely N-dealkylation sites (N-methyl/N-ethyl adjacent to an activating group) is 1. The van der Waals surface area contributed by atoms with Crippen molar-refractivity contribution in [2.24, 2.45) is 11.8 Å². The lowest BCUT2D eigenvalue weighted by Crippen LogP contribution is -2.50. The molecule has 0 amide bonds. The van der Waals surface area contributed by atoms with Gasteiger partial charge in [0.05, 0.1) is 7.11 Å². The van der Waals surface area contributed by atoms with E-state index < -0.39 is 5.54 Å². The average Bonchev–Trinajstić information content (AvgIpc) is 2.68. The highest BCUT2D eigenvalue weighted by molar-refractivity contribution is 5.80. The molecule has 4 nitrogen and oxygen atoms in total. The third-order valence-corrected chi connectivity index (χ3v) is 4.42. The molecule has 1 aliphatic heterocycles. The number of nitrogens with one attached hydrogen (secondary N) is 1. The molecule has 3 unspecified atom stereocenters. The van der Waals surface area contributed by atoms with Gasteiger partial charge in [0, 0.05) is 13.1 Å². The maximum absolute atomic E-state index is 11.9. The Morgan fingerprint density at radius 2 is 1.95 bits per heavy atom. The molecule has 1 aliphatic rings. The van der Waals surface area contributed by atoms with E-state index in [0.29, 0.717) is 0 Å². The fourth-order valence-electron chi connectivity index (χ4n) is 2.97. The zero-order valence-corrected chi connectivity index (χ0v) is 13.2. The lowest BCUT2D eigenvalue weighted by molar-refractivity contribution is -0.148. The molecule has 0 aromatic heterocycles. The second-order valence-electron chi connectivity index (χ2n) is 6.17. The Morgan fingerprint density at radius 1 is 1.37 bits per heavy atom. The molecule has 3 atom stereocenters. The van der Waals surface area contributed by atoms with Gasteiger partial charge < -0.3 is 15.0 Å². The van der Waals surface area contributed by atoms with Crippen molar-refractivity contribution in [2.75, 3.05) is 33.3 Å². The second-order valence-corrected chi connectivity index (χ2v) is 6.17. The number of hydrogen-bond donors (Lipinski definition) is 1. The molecule has 0 aromatic rings. The number of ether oxygens (including phenoxy) is 1. The standard InChI is InChI=1S/C15H30N2O2/c1-6-16-15(4,14(18)19-5)8-7-9-17-10-12(2)13(3)11-17/h12-13,16H,6-11H2,1-5H3. The fourth-order valence-corrected chi connectivity index (χ4v) is 2.97. The largest absolute Gasteiger partial charge is 0.468 e. The molecule has 0 spiro atoms. The van der Waals surface area contributed by atoms with Gasteiger partial charge in [0.2, 0.25) is 0 Å². The Balaban J connectivity index is 2.39. The summed E-state index contributed by atoms with van der Waals surface area (Å²) in [6.45, 7) is 12.8. The monoisotopic (exact) mass is 270 g/mol. The molecule has 1 N–H and O–H groups in total. The molecule has 19 heavy (non-hydrogen) atoms. The van der Waals surface area contributed by atoms with E-state index in [4.69, 9.17) is 4.74 Å². The summed E-state index contributed by atoms with van der Waals surface area (Å²) in [6, 6.07) is 0. The number of carbonyl (C=O) groups is 1. The highest BCUT2D eigenvalue weighted by atomic mass is 16.5. The van der Waals surface area contributed by atoms with Crippen LogP contribution in [0.3, 0.4) is 0 Å². The maximum Gasteiger partial charge on any atom is 0.325 e. The lowest BCUT2D eigenvalue weighted by atomic mass is 9.95. The van der Waals surface area contributed by atoms with E-state index in [9.17, 15) is 4.79 Å². The second kappa shape index (κ2) is 7.25. The minimum Gasteiger partial charge on any atom is -0.468 e. The van der Waals surface area contributed by atoms with Crippen LogP contribution >= 0.6 is 0 Å². The maximum atomic E-state index is 11.9. The van der Waals surface area contributed by atoms with Gasteiger partial charge in [0.1, 0.15) is 5.54 Å². The van der Waals surface area contributed by atoms with Crippen molar-refractivity contribution in [1.29, 1.82) is 0 Å². The SMILES string of the molecule is CCNC(C)(CCCN1CC(C)C(C)C1)C(=O)OC. The number of hydrogen-bond acceptors (Lipinski definition) is 4. The molecule has 1 saturated heterocycles. The van der Waals surface area contributed by atoms with E-state index in [1.165, 1.54) is 20.2 Å². The molecular formula is C15H30N2O2. The van der Waals surface area contributed by atoms with Crippen LogP contribution in [0.4, 0.5) is 0 Å². The summed E-state index contributed by atoms with van der Waals surface area (Å²) in [5.74, 6) is 1.43. The van der Waals surface area contributed by atoms with Crippen molar-refractivity contribution in [1.82, 2.24) is 10.2 Å². The van der Waals surface area contributed by atoms with Gasteiger partial charge in [0.15, 0.2) is 0 Å². The Morgan fingerprint density at radius 3 is 2.42 bits per heavy atom. The predicted molar refractivity (Wildman–Crippen MR) is 78.1 cm³/mol. The van der Waals surface area contributed by atoms with Crippen molar-refractivity contribution < 1.29 is 9.53 Å². The summed E-state index contributed by atoms with van der Waals surface area (Å²) in [5, 5.41) is 3.26. The first-order chi connectivity index (χ1) is 8.92. The normalized spacial score (nSPS) is 27.2. The minimum absolute atomic E-state index is 0.155. The molecule has 1 rings (SSSR count). The predicted octanol–water partition coefficient (Wildman–Crippen LogP) is 1.90. The number of nitrogens with zero attached hydrogens (tertiary/aromatic N) is 1. The van der Waals surface area contributed by atoms with Gasteiger partial charge in [-0.15, -0.1) is 0 Å². The van der Waals surface area contributed by atoms with Gasteiger partial charge in [-0.2, -0.15) is 0 Å². The molecule has 1 fully saturated rings. The summed E-state index contributed by atoms with van der Waals surface area (Å²) in [7, 11) is 1.46. The van der Waals surface area contributed by atoms with Gasteiger partial charge in [-0.05, 0) is 44.7 Å². The Hall–Kier alpha value is -0.610. The lowest BCUT2D eigenvalue weighted by Gasteiger charge is -2.28. The Bertz CT molecular complexity index is 286. The molecule has 0 aliphatic carbocycles. The van der Waals surface area contributed by atoms with Crippen LogP contribution in [0.2, 0.25) is 0 Å². The summed E-state index contributed by atoms with van der Waals surface area (Å²) < 4.78 is 4.91. The number of esters is 1. The number of rotatable bonds is 7. The van der Waals surface area contributed by atoms with Gasteiger partial charge in [-0.25, -0.2) is 0 Å². The minimum atomic E-state index is -0.541. The number of carbonyl (C=O) groups excluding carboxylic acids is 1. The Kier molecular flexibility index (Phi) is 6.27. The van der Waals surface area contributed by atoms with Crippen LogP contribution in [-0.2, 0) is 9.53 Å². The van der Waals surface area contributed by atoms with Crippen LogP contribution in [-0.4, -0.2) is 49.7 Å². The quantitative estimate of drug-likeness (QED) is 0.717. The summed E-state index contributed by atoms with van der Waals surface area (Å²) >= 11 is 0. The van der Waals surface area contributed by atoms with E-state index in [0.717, 1.165) is 37.8 Å². The number of likely N-dealkylation sites (tertiary alicyclic amines) is 1. The molecular weight excluding hydrogens is 240 g/mol. The van der Waals surface area contributed by atoms with Gasteiger partial charge in [-0.3, -0.25) is 4.79 Å². The molecule has 4 heteroatoms. The first kappa shape index (κ1) is 16.4. The third-order valence-electron chi connectivity index (χ3n) is 4.42. The van der Waals surface area contributed by atoms with E-state index in [2.05, 4.69) is 24.1 Å². The highest BCUT2D eigenvalue weighted by Crippen LogP contribution is 2.23. The van der Waals surface area contributed by atoms with E-state index in [1.54, 1.807) is 0 Å². The molecule has 0 aromatic carbocycles. The molecule has 1 heterocycles. The smallest absolute Gasteiger partial charge is 0.325 e. The fraction of sp³-hybridized carbons (Fsp3) is 0.933. The summed E-state index contributed by atoms with van der Waals surface area (Å²) in [4.78, 5) is 14.4. The van der Waals surface area contributed by atoms with Crippen molar-refractivity contribution in [3.8, 4) is 0 Å². The zero-order chi connectivity index (χ0) is 14.5. The van der Waals surface area contributed by atoms with Gasteiger partial charge >= 0.3 is 5.97 Å². The van der Waals surface area contributed by atoms with Crippen LogP contribution in [0.1, 0.15) is 40.5 Å². The molecule has 0 saturated carbocycles. The highest BCUT2D eigenvalue weighted by Gasteiger charge is 2.33. The van der Waals surface area contributed by atoms with Crippen LogP contribution in [0, 0.1) is 11.8 Å². The van der Waals surface area contributed by atoms with Crippen molar-refractivity contribution >= 4 is 5.97 Å². The Labute approximate surface area is 117 Å². The van der Waals surface area contributed by atoms with Crippen molar-refractivity contribution in [3.05, 3.63) is 0 Å². The van der Waals surface area contributed by atoms with Crippen molar-refractivity contribution in [2.45, 2.75) is 46.1 Å². The average molecular weight is 270 g/mol. The zero-order valence-electron chi connectivity index (χ0n) is 13.2. The van der Waals surface area contributed by atoms with E-state index in [-0.39, 0.29) is 5.97 Å². The number of methoxy groups -OCH3 is 1.